The van der Waals surface area contributed by atoms with Crippen molar-refractivity contribution in [3.63, 3.8) is 0 Å². The number of nitrogens with zero attached hydrogens (tertiary/aromatic N) is 5. The number of aryl methyl sites for hydroxylation is 1. The Kier molecular flexibility index (Phi) is 15.5. The van der Waals surface area contributed by atoms with Gasteiger partial charge >= 0.3 is 5.97 Å². The highest BCUT2D eigenvalue weighted by atomic mass is 32.2. The highest BCUT2D eigenvalue weighted by Gasteiger charge is 2.46. The van der Waals surface area contributed by atoms with Crippen LogP contribution in [0.4, 0.5) is 10.1 Å². The van der Waals surface area contributed by atoms with Gasteiger partial charge in [-0.25, -0.2) is 22.6 Å². The number of methoxy groups -OCH3 is 1. The lowest BCUT2D eigenvalue weighted by atomic mass is 9.86. The second kappa shape index (κ2) is 21.3. The van der Waals surface area contributed by atoms with E-state index < -0.39 is 132 Å². The van der Waals surface area contributed by atoms with Crippen molar-refractivity contribution in [2.24, 2.45) is 0 Å². The molecular weight excluding hydrogens is 976 g/mol. The Morgan fingerprint density at radius 3 is 2.06 bits per heavy atom. The van der Waals surface area contributed by atoms with Gasteiger partial charge in [0.1, 0.15) is 12.3 Å². The third-order valence-electron chi connectivity index (χ3n) is 12.3. The molecule has 26 nitrogen and oxygen atoms in total. The Morgan fingerprint density at radius 1 is 0.861 bits per heavy atom. The average molecular weight is 1020 g/mol. The van der Waals surface area contributed by atoms with Crippen LogP contribution in [0, 0.1) is 12.7 Å². The van der Waals surface area contributed by atoms with Gasteiger partial charge in [-0.1, -0.05) is 6.92 Å². The third-order valence-corrected chi connectivity index (χ3v) is 14.1. The maximum Gasteiger partial charge on any atom is 0.343 e. The van der Waals surface area contributed by atoms with Crippen LogP contribution in [0.15, 0.2) is 29.1 Å². The van der Waals surface area contributed by atoms with Crippen molar-refractivity contribution in [2.75, 3.05) is 83.5 Å². The van der Waals surface area contributed by atoms with Crippen molar-refractivity contribution < 1.29 is 75.3 Å². The van der Waals surface area contributed by atoms with Crippen LogP contribution in [-0.2, 0) is 81.4 Å². The number of nitrogens with one attached hydrogen (secondary N) is 5. The predicted octanol–water partition coefficient (Wildman–Crippen LogP) is -3.62. The van der Waals surface area contributed by atoms with E-state index in [1.54, 1.807) is 13.8 Å². The number of amides is 8. The Morgan fingerprint density at radius 2 is 1.46 bits per heavy atom. The number of imide groups is 1. The molecule has 0 spiro atoms. The van der Waals surface area contributed by atoms with Gasteiger partial charge in [0.15, 0.2) is 23.9 Å². The van der Waals surface area contributed by atoms with Gasteiger partial charge < -0.3 is 50.5 Å². The number of hydrogen-bond acceptors (Lipinski definition) is 17. The zero-order chi connectivity index (χ0) is 52.2. The molecule has 1 aromatic carbocycles. The number of benzene rings is 1. The van der Waals surface area contributed by atoms with Gasteiger partial charge in [-0.15, -0.1) is 0 Å². The molecule has 6 heterocycles. The number of rotatable bonds is 21. The number of esters is 1. The van der Waals surface area contributed by atoms with E-state index in [9.17, 15) is 61.5 Å². The molecule has 3 aromatic rings. The minimum atomic E-state index is -3.97. The van der Waals surface area contributed by atoms with Gasteiger partial charge in [0.05, 0.1) is 74.1 Å². The molecule has 0 saturated heterocycles. The summed E-state index contributed by atoms with van der Waals surface area (Å²) < 4.78 is 59.1. The number of carbonyl (C=O) groups is 9. The lowest BCUT2D eigenvalue weighted by Crippen LogP contribution is -2.47. The Labute approximate surface area is 408 Å². The summed E-state index contributed by atoms with van der Waals surface area (Å²) in [5.74, 6) is -8.32. The molecule has 72 heavy (non-hydrogen) atoms. The summed E-state index contributed by atoms with van der Waals surface area (Å²) in [5.41, 5.74) is -0.470. The Hall–Kier alpha value is -7.69. The van der Waals surface area contributed by atoms with Crippen LogP contribution < -0.4 is 41.8 Å². The lowest BCUT2D eigenvalue weighted by molar-refractivity contribution is -0.172. The molecule has 2 aromatic heterocycles. The molecule has 0 saturated carbocycles. The molecule has 0 radical (unpaired) electrons. The van der Waals surface area contributed by atoms with Crippen LogP contribution >= 0.6 is 0 Å². The number of halogens is 1. The van der Waals surface area contributed by atoms with Gasteiger partial charge in [0, 0.05) is 67.9 Å². The van der Waals surface area contributed by atoms with Crippen LogP contribution in [0.1, 0.15) is 42.0 Å². The molecule has 1 atom stereocenters. The van der Waals surface area contributed by atoms with Gasteiger partial charge in [-0.3, -0.25) is 53.0 Å². The quantitative estimate of drug-likeness (QED) is 0.0347. The molecule has 28 heteroatoms. The SMILES string of the molecule is CC[C@@]1(O)C(=O)OCc2c1cc1n(c2=O)Cc2c-1nc1cc(F)c3c(c1c2C)N(C(=O)CNC(=O)CNC(=O)CNC(=O)CNC(=O)CNC(=O)CCN(CCN1C(=O)C=CC1=O)S(=O)(=O)CCOC)CO3. The highest BCUT2D eigenvalue weighted by Crippen LogP contribution is 2.47. The fourth-order valence-corrected chi connectivity index (χ4v) is 9.67. The van der Waals surface area contributed by atoms with E-state index in [0.717, 1.165) is 32.3 Å². The molecule has 0 bridgehead atoms. The summed E-state index contributed by atoms with van der Waals surface area (Å²) in [6, 6.07) is 2.64. The van der Waals surface area contributed by atoms with E-state index in [0.29, 0.717) is 27.9 Å². The topological polar surface area (TPSA) is 340 Å². The molecule has 4 aliphatic rings. The number of fused-ring (bicyclic) bond motifs is 7. The molecule has 0 fully saturated rings. The third kappa shape index (κ3) is 10.6. The van der Waals surface area contributed by atoms with E-state index in [-0.39, 0.29) is 73.9 Å². The summed E-state index contributed by atoms with van der Waals surface area (Å²) in [5, 5.41) is 22.9. The monoisotopic (exact) mass is 1020 g/mol. The standard InChI is InChI=1S/C44H49FN10O16S/c1-4-44(66)26-13-29-39-24(20-54(29)42(64)25(26)21-70-43(44)65)23(2)38-28(51-39)14-27(45)41-40(38)55(22-71-41)37(63)19-50-34(60)18-49-33(59)17-48-32(58)16-47-31(57)15-46-30(56)7-8-52(72(67,68)12-11-69-3)9-10-53-35(61)5-6-36(53)62/h5-6,13-14,66H,4,7-12,15-22H2,1-3H3,(H,46,56)(H,47,57)(H,48,58)(H,49,59)(H,50,60)/t44-/m0/s1. The minimum absolute atomic E-state index is 0.0311. The maximum atomic E-state index is 15.6. The van der Waals surface area contributed by atoms with Crippen LogP contribution in [-0.4, -0.2) is 164 Å². The zero-order valence-electron chi connectivity index (χ0n) is 39.0. The minimum Gasteiger partial charge on any atom is -0.467 e. The van der Waals surface area contributed by atoms with Crippen molar-refractivity contribution in [1.82, 2.24) is 45.3 Å². The first-order valence-electron chi connectivity index (χ1n) is 22.3. The number of pyridine rings is 2. The van der Waals surface area contributed by atoms with Gasteiger partial charge in [0.25, 0.3) is 17.4 Å². The summed E-state index contributed by atoms with van der Waals surface area (Å²) >= 11 is 0. The van der Waals surface area contributed by atoms with Crippen molar-refractivity contribution in [3.05, 3.63) is 62.7 Å². The first-order chi connectivity index (χ1) is 34.2. The second-order valence-electron chi connectivity index (χ2n) is 16.7. The van der Waals surface area contributed by atoms with Crippen LogP contribution in [0.2, 0.25) is 0 Å². The molecule has 6 N–H and O–H groups in total. The zero-order valence-corrected chi connectivity index (χ0v) is 39.8. The van der Waals surface area contributed by atoms with Crippen molar-refractivity contribution in [3.8, 4) is 17.1 Å². The van der Waals surface area contributed by atoms with Gasteiger partial charge in [-0.2, -0.15) is 4.31 Å². The van der Waals surface area contributed by atoms with E-state index in [1.165, 1.54) is 17.7 Å². The van der Waals surface area contributed by atoms with Crippen molar-refractivity contribution in [1.29, 1.82) is 0 Å². The summed E-state index contributed by atoms with van der Waals surface area (Å²) in [4.78, 5) is 132. The number of cyclic esters (lactones) is 1. The summed E-state index contributed by atoms with van der Waals surface area (Å²) in [6.45, 7) is -1.56. The van der Waals surface area contributed by atoms with Crippen molar-refractivity contribution in [2.45, 2.75) is 45.4 Å². The fraction of sp³-hybridized carbons (Fsp3) is 0.432. The normalized spacial score (nSPS) is 16.4. The van der Waals surface area contributed by atoms with E-state index in [1.807, 2.05) is 0 Å². The van der Waals surface area contributed by atoms with Crippen molar-refractivity contribution >= 4 is 79.8 Å². The molecule has 7 rings (SSSR count). The van der Waals surface area contributed by atoms with Crippen LogP contribution in [0.25, 0.3) is 22.3 Å². The second-order valence-corrected chi connectivity index (χ2v) is 18.8. The molecule has 8 amide bonds. The Bertz CT molecular complexity index is 3020. The number of ether oxygens (including phenoxy) is 3. The molecule has 4 aliphatic heterocycles. The van der Waals surface area contributed by atoms with Crippen LogP contribution in [0.3, 0.4) is 0 Å². The average Bonchev–Trinajstić information content (AvgIpc) is 4.06. The first-order valence-corrected chi connectivity index (χ1v) is 23.9. The number of aliphatic hydroxyl groups is 1. The maximum absolute atomic E-state index is 15.6. The van der Waals surface area contributed by atoms with Gasteiger partial charge in [-0.05, 0) is 25.0 Å². The number of hydrogen-bond donors (Lipinski definition) is 6. The first kappa shape index (κ1) is 52.1. The fourth-order valence-electron chi connectivity index (χ4n) is 8.30. The number of sulfonamides is 1. The van der Waals surface area contributed by atoms with Gasteiger partial charge in [0.2, 0.25) is 45.5 Å². The van der Waals surface area contributed by atoms with E-state index in [4.69, 9.17) is 14.2 Å². The molecular formula is C44H49FN10O16S. The summed E-state index contributed by atoms with van der Waals surface area (Å²) in [7, 11) is -2.68. The molecule has 0 unspecified atom stereocenters. The van der Waals surface area contributed by atoms with Crippen LogP contribution in [0.5, 0.6) is 5.75 Å². The summed E-state index contributed by atoms with van der Waals surface area (Å²) in [6.07, 6.45) is 1.64. The smallest absolute Gasteiger partial charge is 0.343 e. The lowest BCUT2D eigenvalue weighted by Gasteiger charge is -2.31. The van der Waals surface area contributed by atoms with E-state index in [2.05, 4.69) is 31.6 Å². The highest BCUT2D eigenvalue weighted by molar-refractivity contribution is 7.89. The number of aromatic nitrogens is 2. The molecule has 384 valence electrons. The Balaban J connectivity index is 0.847. The number of carbonyl (C=O) groups excluding carboxylic acids is 9. The van der Waals surface area contributed by atoms with E-state index >= 15 is 4.39 Å². The predicted molar refractivity (Wildman–Crippen MR) is 245 cm³/mol. The molecule has 0 aliphatic carbocycles. The largest absolute Gasteiger partial charge is 0.467 e. The number of anilines is 1.